The average molecular weight is 229 g/mol. The first-order valence-corrected chi connectivity index (χ1v) is 6.08. The molecule has 90 valence electrons. The van der Waals surface area contributed by atoms with Crippen LogP contribution in [0.3, 0.4) is 0 Å². The molecule has 2 aromatic rings. The number of hydrogen-bond acceptors (Lipinski definition) is 2. The van der Waals surface area contributed by atoms with Crippen molar-refractivity contribution in [2.75, 3.05) is 0 Å². The molecule has 0 aliphatic carbocycles. The molecule has 0 amide bonds. The fourth-order valence-corrected chi connectivity index (χ4v) is 1.90. The number of rotatable bonds is 5. The Kier molecular flexibility index (Phi) is 3.94. The molecule has 1 N–H and O–H groups in total. The van der Waals surface area contributed by atoms with Crippen LogP contribution in [0.4, 0.5) is 0 Å². The van der Waals surface area contributed by atoms with Gasteiger partial charge in [-0.05, 0) is 19.4 Å². The second kappa shape index (κ2) is 5.64. The smallest absolute Gasteiger partial charge is 0.0948 e. The lowest BCUT2D eigenvalue weighted by atomic mass is 10.1. The van der Waals surface area contributed by atoms with Gasteiger partial charge in [-0.25, -0.2) is 4.98 Å². The van der Waals surface area contributed by atoms with Crippen molar-refractivity contribution in [3.63, 3.8) is 0 Å². The Morgan fingerprint density at radius 2 is 2.06 bits per heavy atom. The third-order valence-electron chi connectivity index (χ3n) is 3.03. The van der Waals surface area contributed by atoms with Crippen molar-refractivity contribution in [3.05, 3.63) is 54.1 Å². The number of aryl methyl sites for hydroxylation is 1. The van der Waals surface area contributed by atoms with E-state index in [4.69, 9.17) is 0 Å². The van der Waals surface area contributed by atoms with Crippen molar-refractivity contribution in [1.82, 2.24) is 14.9 Å². The molecule has 0 aliphatic rings. The molecule has 0 spiro atoms. The number of nitrogens with one attached hydrogen (secondary N) is 1. The van der Waals surface area contributed by atoms with E-state index in [0.717, 1.165) is 13.1 Å². The summed E-state index contributed by atoms with van der Waals surface area (Å²) in [5.74, 6) is 0. The quantitative estimate of drug-likeness (QED) is 0.854. The summed E-state index contributed by atoms with van der Waals surface area (Å²) < 4.78 is 2.16. The van der Waals surface area contributed by atoms with Gasteiger partial charge < -0.3 is 9.88 Å². The summed E-state index contributed by atoms with van der Waals surface area (Å²) in [7, 11) is 0. The van der Waals surface area contributed by atoms with Gasteiger partial charge in [-0.3, -0.25) is 0 Å². The fraction of sp³-hybridized carbons (Fsp3) is 0.357. The fourth-order valence-electron chi connectivity index (χ4n) is 1.90. The highest BCUT2D eigenvalue weighted by molar-refractivity contribution is 5.18. The van der Waals surface area contributed by atoms with E-state index in [1.165, 1.54) is 11.3 Å². The van der Waals surface area contributed by atoms with E-state index in [1.54, 1.807) is 0 Å². The Morgan fingerprint density at radius 3 is 2.76 bits per heavy atom. The van der Waals surface area contributed by atoms with Crippen LogP contribution in [-0.4, -0.2) is 9.55 Å². The first kappa shape index (κ1) is 11.9. The third kappa shape index (κ3) is 2.94. The normalized spacial score (nSPS) is 12.6. The minimum Gasteiger partial charge on any atom is -0.334 e. The highest BCUT2D eigenvalue weighted by atomic mass is 15.1. The van der Waals surface area contributed by atoms with Gasteiger partial charge in [0.1, 0.15) is 0 Å². The SMILES string of the molecule is CCn1cncc1CN[C@@H](C)c1ccccc1. The highest BCUT2D eigenvalue weighted by Crippen LogP contribution is 2.12. The minimum absolute atomic E-state index is 0.358. The van der Waals surface area contributed by atoms with E-state index in [2.05, 4.69) is 53.0 Å². The van der Waals surface area contributed by atoms with Gasteiger partial charge in [0.2, 0.25) is 0 Å². The second-order valence-electron chi connectivity index (χ2n) is 4.18. The second-order valence-corrected chi connectivity index (χ2v) is 4.18. The summed E-state index contributed by atoms with van der Waals surface area (Å²) in [5.41, 5.74) is 2.55. The molecule has 2 rings (SSSR count). The van der Waals surface area contributed by atoms with Crippen molar-refractivity contribution >= 4 is 0 Å². The molecule has 1 atom stereocenters. The summed E-state index contributed by atoms with van der Waals surface area (Å²) in [6, 6.07) is 10.8. The Labute approximate surface area is 103 Å². The van der Waals surface area contributed by atoms with Crippen LogP contribution in [0.15, 0.2) is 42.9 Å². The monoisotopic (exact) mass is 229 g/mol. The van der Waals surface area contributed by atoms with E-state index in [-0.39, 0.29) is 0 Å². The third-order valence-corrected chi connectivity index (χ3v) is 3.03. The van der Waals surface area contributed by atoms with Crippen molar-refractivity contribution in [1.29, 1.82) is 0 Å². The van der Waals surface area contributed by atoms with Gasteiger partial charge in [0.15, 0.2) is 0 Å². The van der Waals surface area contributed by atoms with Crippen LogP contribution >= 0.6 is 0 Å². The van der Waals surface area contributed by atoms with E-state index in [0.29, 0.717) is 6.04 Å². The largest absolute Gasteiger partial charge is 0.334 e. The van der Waals surface area contributed by atoms with Crippen LogP contribution < -0.4 is 5.32 Å². The molecule has 0 aliphatic heterocycles. The molecular formula is C14H19N3. The lowest BCUT2D eigenvalue weighted by Crippen LogP contribution is -2.19. The molecule has 3 nitrogen and oxygen atoms in total. The molecule has 0 radical (unpaired) electrons. The summed E-state index contributed by atoms with van der Waals surface area (Å²) in [5, 5.41) is 3.52. The van der Waals surface area contributed by atoms with Crippen LogP contribution in [-0.2, 0) is 13.1 Å². The van der Waals surface area contributed by atoms with E-state index < -0.39 is 0 Å². The van der Waals surface area contributed by atoms with Gasteiger partial charge in [0, 0.05) is 25.3 Å². The van der Waals surface area contributed by atoms with Crippen molar-refractivity contribution < 1.29 is 0 Å². The van der Waals surface area contributed by atoms with Gasteiger partial charge >= 0.3 is 0 Å². The zero-order valence-electron chi connectivity index (χ0n) is 10.4. The summed E-state index contributed by atoms with van der Waals surface area (Å²) in [6.07, 6.45) is 3.80. The number of benzene rings is 1. The summed E-state index contributed by atoms with van der Waals surface area (Å²) in [4.78, 5) is 4.17. The van der Waals surface area contributed by atoms with Crippen LogP contribution in [0.1, 0.15) is 31.1 Å². The molecule has 0 unspecified atom stereocenters. The van der Waals surface area contributed by atoms with Crippen molar-refractivity contribution in [2.45, 2.75) is 33.0 Å². The van der Waals surface area contributed by atoms with E-state index in [1.807, 2.05) is 18.6 Å². The Bertz CT molecular complexity index is 448. The Balaban J connectivity index is 1.95. The van der Waals surface area contributed by atoms with Crippen LogP contribution in [0.5, 0.6) is 0 Å². The van der Waals surface area contributed by atoms with Crippen molar-refractivity contribution in [3.8, 4) is 0 Å². The molecular weight excluding hydrogens is 210 g/mol. The highest BCUT2D eigenvalue weighted by Gasteiger charge is 2.05. The van der Waals surface area contributed by atoms with Gasteiger partial charge in [-0.2, -0.15) is 0 Å². The molecule has 3 heteroatoms. The molecule has 1 aromatic heterocycles. The standard InChI is InChI=1S/C14H19N3/c1-3-17-11-15-9-14(17)10-16-12(2)13-7-5-4-6-8-13/h4-9,11-12,16H,3,10H2,1-2H3/t12-/m0/s1. The van der Waals surface area contributed by atoms with Crippen LogP contribution in [0, 0.1) is 0 Å². The van der Waals surface area contributed by atoms with Crippen LogP contribution in [0.2, 0.25) is 0 Å². The maximum Gasteiger partial charge on any atom is 0.0948 e. The predicted molar refractivity (Wildman–Crippen MR) is 69.6 cm³/mol. The van der Waals surface area contributed by atoms with E-state index >= 15 is 0 Å². The molecule has 0 saturated heterocycles. The first-order valence-electron chi connectivity index (χ1n) is 6.08. The Morgan fingerprint density at radius 1 is 1.29 bits per heavy atom. The first-order chi connectivity index (χ1) is 8.31. The summed E-state index contributed by atoms with van der Waals surface area (Å²) in [6.45, 7) is 6.13. The lowest BCUT2D eigenvalue weighted by molar-refractivity contribution is 0.549. The van der Waals surface area contributed by atoms with Gasteiger partial charge in [0.25, 0.3) is 0 Å². The molecule has 0 bridgehead atoms. The Hall–Kier alpha value is -1.61. The van der Waals surface area contributed by atoms with Crippen molar-refractivity contribution in [2.24, 2.45) is 0 Å². The maximum absolute atomic E-state index is 4.17. The zero-order valence-corrected chi connectivity index (χ0v) is 10.4. The number of imidazole rings is 1. The lowest BCUT2D eigenvalue weighted by Gasteiger charge is -2.14. The van der Waals surface area contributed by atoms with Crippen LogP contribution in [0.25, 0.3) is 0 Å². The summed E-state index contributed by atoms with van der Waals surface area (Å²) >= 11 is 0. The molecule has 0 fully saturated rings. The molecule has 0 saturated carbocycles. The van der Waals surface area contributed by atoms with E-state index in [9.17, 15) is 0 Å². The zero-order chi connectivity index (χ0) is 12.1. The predicted octanol–water partition coefficient (Wildman–Crippen LogP) is 2.75. The number of hydrogen-bond donors (Lipinski definition) is 1. The maximum atomic E-state index is 4.17. The average Bonchev–Trinajstić information content (AvgIpc) is 2.84. The number of nitrogens with zero attached hydrogens (tertiary/aromatic N) is 2. The van der Waals surface area contributed by atoms with Gasteiger partial charge in [0.05, 0.1) is 12.0 Å². The molecule has 17 heavy (non-hydrogen) atoms. The minimum atomic E-state index is 0.358. The van der Waals surface area contributed by atoms with Gasteiger partial charge in [-0.15, -0.1) is 0 Å². The van der Waals surface area contributed by atoms with Gasteiger partial charge in [-0.1, -0.05) is 30.3 Å². The topological polar surface area (TPSA) is 29.9 Å². The molecule has 1 aromatic carbocycles. The number of aromatic nitrogens is 2. The molecule has 1 heterocycles.